The lowest BCUT2D eigenvalue weighted by molar-refractivity contribution is 0.207. The zero-order valence-electron chi connectivity index (χ0n) is 15.2. The van der Waals surface area contributed by atoms with Crippen molar-refractivity contribution >= 4 is 21.6 Å². The van der Waals surface area contributed by atoms with E-state index in [9.17, 15) is 13.2 Å². The predicted molar refractivity (Wildman–Crippen MR) is 103 cm³/mol. The monoisotopic (exact) mass is 376 g/mol. The Balaban J connectivity index is 1.90. The van der Waals surface area contributed by atoms with Gasteiger partial charge in [-0.2, -0.15) is 0 Å². The van der Waals surface area contributed by atoms with Gasteiger partial charge in [-0.25, -0.2) is 13.2 Å². The summed E-state index contributed by atoms with van der Waals surface area (Å²) in [6, 6.07) is 14.3. The van der Waals surface area contributed by atoms with Crippen LogP contribution in [0.1, 0.15) is 11.1 Å². The quantitative estimate of drug-likeness (QED) is 0.806. The van der Waals surface area contributed by atoms with E-state index in [-0.39, 0.29) is 11.8 Å². The summed E-state index contributed by atoms with van der Waals surface area (Å²) in [5.74, 6) is 0.631. The van der Waals surface area contributed by atoms with Crippen molar-refractivity contribution in [2.24, 2.45) is 0 Å². The molecule has 0 spiro atoms. The van der Waals surface area contributed by atoms with Crippen molar-refractivity contribution in [1.29, 1.82) is 0 Å². The highest BCUT2D eigenvalue weighted by Gasteiger charge is 2.13. The molecule has 6 nitrogen and oxygen atoms in total. The number of carbonyl (C=O) groups excluding carboxylic acids is 1. The van der Waals surface area contributed by atoms with Crippen LogP contribution in [0, 0.1) is 6.92 Å². The van der Waals surface area contributed by atoms with Crippen molar-refractivity contribution in [3.05, 3.63) is 59.7 Å². The minimum atomic E-state index is -3.19. The fourth-order valence-electron chi connectivity index (χ4n) is 2.30. The summed E-state index contributed by atoms with van der Waals surface area (Å²) in [5, 5.41) is 2.76. The maximum absolute atomic E-state index is 12.3. The van der Waals surface area contributed by atoms with E-state index in [2.05, 4.69) is 5.32 Å². The number of ether oxygens (including phenoxy) is 1. The van der Waals surface area contributed by atoms with Crippen LogP contribution in [0.4, 0.5) is 10.5 Å². The first-order valence-electron chi connectivity index (χ1n) is 8.22. The van der Waals surface area contributed by atoms with Gasteiger partial charge in [-0.1, -0.05) is 35.9 Å². The Kier molecular flexibility index (Phi) is 6.63. The smallest absolute Gasteiger partial charge is 0.321 e. The average molecular weight is 376 g/mol. The summed E-state index contributed by atoms with van der Waals surface area (Å²) in [6.07, 6.45) is 1.17. The molecule has 0 bridgehead atoms. The number of hydrogen-bond acceptors (Lipinski definition) is 4. The first kappa shape index (κ1) is 19.8. The van der Waals surface area contributed by atoms with Crippen LogP contribution in [0.25, 0.3) is 0 Å². The van der Waals surface area contributed by atoms with Crippen molar-refractivity contribution < 1.29 is 17.9 Å². The standard InChI is InChI=1S/C19H24N2O4S/c1-15-8-10-17(11-9-15)25-13-12-21(2)19(22)20-18-7-5-4-6-16(18)14-26(3,23)24/h4-11H,12-14H2,1-3H3,(H,20,22). The molecule has 2 aromatic rings. The molecule has 140 valence electrons. The van der Waals surface area contributed by atoms with Crippen LogP contribution in [0.2, 0.25) is 0 Å². The first-order valence-corrected chi connectivity index (χ1v) is 10.3. The number of amides is 2. The Morgan fingerprint density at radius 1 is 1.12 bits per heavy atom. The number of hydrogen-bond donors (Lipinski definition) is 1. The molecular weight excluding hydrogens is 352 g/mol. The molecule has 0 heterocycles. The van der Waals surface area contributed by atoms with Crippen molar-refractivity contribution in [1.82, 2.24) is 4.90 Å². The number of benzene rings is 2. The van der Waals surface area contributed by atoms with Crippen LogP contribution >= 0.6 is 0 Å². The SMILES string of the molecule is Cc1ccc(OCCN(C)C(=O)Nc2ccccc2CS(C)(=O)=O)cc1. The maximum atomic E-state index is 12.3. The van der Waals surface area contributed by atoms with E-state index < -0.39 is 9.84 Å². The lowest BCUT2D eigenvalue weighted by atomic mass is 10.2. The summed E-state index contributed by atoms with van der Waals surface area (Å²) >= 11 is 0. The third-order valence-electron chi connectivity index (χ3n) is 3.74. The van der Waals surface area contributed by atoms with Crippen LogP contribution < -0.4 is 10.1 Å². The molecule has 2 aromatic carbocycles. The molecule has 0 saturated heterocycles. The van der Waals surface area contributed by atoms with Crippen molar-refractivity contribution in [2.45, 2.75) is 12.7 Å². The van der Waals surface area contributed by atoms with Crippen LogP contribution in [0.3, 0.4) is 0 Å². The molecule has 0 atom stereocenters. The fourth-order valence-corrected chi connectivity index (χ4v) is 3.11. The molecular formula is C19H24N2O4S. The summed E-state index contributed by atoms with van der Waals surface area (Å²) in [7, 11) is -1.53. The molecule has 0 aliphatic rings. The second kappa shape index (κ2) is 8.71. The maximum Gasteiger partial charge on any atom is 0.321 e. The van der Waals surface area contributed by atoms with E-state index in [0.29, 0.717) is 24.4 Å². The van der Waals surface area contributed by atoms with E-state index in [4.69, 9.17) is 4.74 Å². The molecule has 0 aliphatic carbocycles. The number of anilines is 1. The van der Waals surface area contributed by atoms with Gasteiger partial charge in [0.25, 0.3) is 0 Å². The fraction of sp³-hybridized carbons (Fsp3) is 0.316. The molecule has 7 heteroatoms. The molecule has 0 aromatic heterocycles. The zero-order valence-corrected chi connectivity index (χ0v) is 16.0. The van der Waals surface area contributed by atoms with Gasteiger partial charge in [-0.15, -0.1) is 0 Å². The van der Waals surface area contributed by atoms with E-state index in [1.165, 1.54) is 11.2 Å². The van der Waals surface area contributed by atoms with E-state index in [0.717, 1.165) is 11.3 Å². The first-order chi connectivity index (χ1) is 12.2. The number of carbonyl (C=O) groups is 1. The molecule has 2 rings (SSSR count). The number of nitrogens with one attached hydrogen (secondary N) is 1. The van der Waals surface area contributed by atoms with Crippen molar-refractivity contribution in [2.75, 3.05) is 31.8 Å². The Morgan fingerprint density at radius 3 is 2.42 bits per heavy atom. The minimum Gasteiger partial charge on any atom is -0.492 e. The molecule has 26 heavy (non-hydrogen) atoms. The summed E-state index contributed by atoms with van der Waals surface area (Å²) < 4.78 is 28.7. The molecule has 0 unspecified atom stereocenters. The lowest BCUT2D eigenvalue weighted by Crippen LogP contribution is -2.34. The molecule has 0 fully saturated rings. The normalized spacial score (nSPS) is 11.0. The van der Waals surface area contributed by atoms with Gasteiger partial charge in [0.15, 0.2) is 9.84 Å². The number of para-hydroxylation sites is 1. The molecule has 0 saturated carbocycles. The highest BCUT2D eigenvalue weighted by atomic mass is 32.2. The minimum absolute atomic E-state index is 0.121. The Bertz CT molecular complexity index is 848. The van der Waals surface area contributed by atoms with Gasteiger partial charge < -0.3 is 15.0 Å². The lowest BCUT2D eigenvalue weighted by Gasteiger charge is -2.19. The molecule has 2 amide bonds. The number of nitrogens with zero attached hydrogens (tertiary/aromatic N) is 1. The van der Waals surface area contributed by atoms with Gasteiger partial charge in [0, 0.05) is 19.0 Å². The van der Waals surface area contributed by atoms with Gasteiger partial charge in [0.1, 0.15) is 12.4 Å². The predicted octanol–water partition coefficient (Wildman–Crippen LogP) is 3.08. The number of urea groups is 1. The van der Waals surface area contributed by atoms with Gasteiger partial charge in [0.05, 0.1) is 12.3 Å². The topological polar surface area (TPSA) is 75.7 Å². The second-order valence-corrected chi connectivity index (χ2v) is 8.38. The van der Waals surface area contributed by atoms with Gasteiger partial charge in [-0.05, 0) is 30.7 Å². The molecule has 1 N–H and O–H groups in total. The van der Waals surface area contributed by atoms with E-state index in [1.807, 2.05) is 31.2 Å². The number of aryl methyl sites for hydroxylation is 1. The Labute approximate surface area is 154 Å². The molecule has 0 radical (unpaired) electrons. The third kappa shape index (κ3) is 6.40. The largest absolute Gasteiger partial charge is 0.492 e. The van der Waals surface area contributed by atoms with Gasteiger partial charge in [0.2, 0.25) is 0 Å². The van der Waals surface area contributed by atoms with Crippen LogP contribution in [0.5, 0.6) is 5.75 Å². The van der Waals surface area contributed by atoms with Crippen molar-refractivity contribution in [3.8, 4) is 5.75 Å². The Morgan fingerprint density at radius 2 is 1.77 bits per heavy atom. The third-order valence-corrected chi connectivity index (χ3v) is 4.58. The van der Waals surface area contributed by atoms with Crippen LogP contribution in [0.15, 0.2) is 48.5 Å². The summed E-state index contributed by atoms with van der Waals surface area (Å²) in [5.41, 5.74) is 2.21. The highest BCUT2D eigenvalue weighted by molar-refractivity contribution is 7.89. The van der Waals surface area contributed by atoms with Gasteiger partial charge >= 0.3 is 6.03 Å². The van der Waals surface area contributed by atoms with E-state index in [1.54, 1.807) is 31.3 Å². The molecule has 0 aliphatic heterocycles. The second-order valence-electron chi connectivity index (χ2n) is 6.24. The number of rotatable bonds is 7. The summed E-state index contributed by atoms with van der Waals surface area (Å²) in [4.78, 5) is 13.8. The van der Waals surface area contributed by atoms with Crippen LogP contribution in [-0.4, -0.2) is 45.8 Å². The number of sulfone groups is 1. The summed E-state index contributed by atoms with van der Waals surface area (Å²) in [6.45, 7) is 2.76. The van der Waals surface area contributed by atoms with Gasteiger partial charge in [-0.3, -0.25) is 0 Å². The van der Waals surface area contributed by atoms with E-state index >= 15 is 0 Å². The zero-order chi connectivity index (χ0) is 19.2. The number of likely N-dealkylation sites (N-methyl/N-ethyl adjacent to an activating group) is 1. The Hall–Kier alpha value is -2.54. The van der Waals surface area contributed by atoms with Crippen molar-refractivity contribution in [3.63, 3.8) is 0 Å². The van der Waals surface area contributed by atoms with Crippen LogP contribution in [-0.2, 0) is 15.6 Å². The average Bonchev–Trinajstić information content (AvgIpc) is 2.57. The highest BCUT2D eigenvalue weighted by Crippen LogP contribution is 2.18.